The molecular weight excluding hydrogens is 282 g/mol. The Morgan fingerprint density at radius 1 is 1.10 bits per heavy atom. The molecule has 0 bridgehead atoms. The summed E-state index contributed by atoms with van der Waals surface area (Å²) in [5.41, 5.74) is 3.27. The maximum absolute atomic E-state index is 6.16. The molecule has 0 aliphatic heterocycles. The van der Waals surface area contributed by atoms with Crippen LogP contribution in [0, 0.1) is 13.8 Å². The largest absolute Gasteiger partial charge is 0.456 e. The first kappa shape index (κ1) is 15.9. The zero-order valence-electron chi connectivity index (χ0n) is 12.9. The number of ether oxygens (including phenoxy) is 1. The molecule has 0 amide bonds. The van der Waals surface area contributed by atoms with Gasteiger partial charge in [-0.15, -0.1) is 0 Å². The summed E-state index contributed by atoms with van der Waals surface area (Å²) in [6, 6.07) is 12.0. The first-order valence-corrected chi connectivity index (χ1v) is 7.73. The Bertz CT molecular complexity index is 587. The summed E-state index contributed by atoms with van der Waals surface area (Å²) in [6.45, 7) is 8.02. The van der Waals surface area contributed by atoms with Crippen LogP contribution in [0.25, 0.3) is 0 Å². The van der Waals surface area contributed by atoms with Gasteiger partial charge in [-0.05, 0) is 56.1 Å². The van der Waals surface area contributed by atoms with Crippen LogP contribution < -0.4 is 10.1 Å². The standard InChI is InChI=1S/C18H22ClNO/c1-4-9-20-12-15-7-5-6-8-17(15)21-18-13(2)10-16(19)11-14(18)3/h5-8,10-11,20H,4,9,12H2,1-3H3. The van der Waals surface area contributed by atoms with Crippen molar-refractivity contribution in [3.05, 3.63) is 58.1 Å². The van der Waals surface area contributed by atoms with Crippen molar-refractivity contribution in [2.24, 2.45) is 0 Å². The van der Waals surface area contributed by atoms with Gasteiger partial charge in [-0.2, -0.15) is 0 Å². The molecule has 0 atom stereocenters. The van der Waals surface area contributed by atoms with E-state index in [2.05, 4.69) is 18.3 Å². The molecule has 2 aromatic rings. The number of para-hydroxylation sites is 1. The highest BCUT2D eigenvalue weighted by Crippen LogP contribution is 2.32. The SMILES string of the molecule is CCCNCc1ccccc1Oc1c(C)cc(Cl)cc1C. The van der Waals surface area contributed by atoms with E-state index in [0.717, 1.165) is 47.2 Å². The molecule has 3 heteroatoms. The zero-order valence-corrected chi connectivity index (χ0v) is 13.6. The summed E-state index contributed by atoms with van der Waals surface area (Å²) in [5, 5.41) is 4.16. The summed E-state index contributed by atoms with van der Waals surface area (Å²) < 4.78 is 6.16. The lowest BCUT2D eigenvalue weighted by Crippen LogP contribution is -2.14. The van der Waals surface area contributed by atoms with Crippen molar-refractivity contribution in [2.75, 3.05) is 6.54 Å². The van der Waals surface area contributed by atoms with E-state index in [1.54, 1.807) is 0 Å². The Morgan fingerprint density at radius 3 is 2.43 bits per heavy atom. The molecular formula is C18H22ClNO. The molecule has 0 aliphatic rings. The summed E-state index contributed by atoms with van der Waals surface area (Å²) in [7, 11) is 0. The predicted molar refractivity (Wildman–Crippen MR) is 89.4 cm³/mol. The van der Waals surface area contributed by atoms with Gasteiger partial charge in [-0.3, -0.25) is 0 Å². The van der Waals surface area contributed by atoms with Gasteiger partial charge >= 0.3 is 0 Å². The molecule has 2 nitrogen and oxygen atoms in total. The smallest absolute Gasteiger partial charge is 0.133 e. The van der Waals surface area contributed by atoms with Crippen LogP contribution in [-0.2, 0) is 6.54 Å². The summed E-state index contributed by atoms with van der Waals surface area (Å²) in [6.07, 6.45) is 1.12. The number of nitrogens with one attached hydrogen (secondary N) is 1. The highest BCUT2D eigenvalue weighted by Gasteiger charge is 2.09. The van der Waals surface area contributed by atoms with E-state index in [9.17, 15) is 0 Å². The van der Waals surface area contributed by atoms with Gasteiger partial charge in [0.2, 0.25) is 0 Å². The topological polar surface area (TPSA) is 21.3 Å². The quantitative estimate of drug-likeness (QED) is 0.736. The van der Waals surface area contributed by atoms with Gasteiger partial charge in [-0.1, -0.05) is 36.7 Å². The van der Waals surface area contributed by atoms with Gasteiger partial charge in [0.05, 0.1) is 0 Å². The Kier molecular flexibility index (Phi) is 5.66. The minimum Gasteiger partial charge on any atom is -0.456 e. The van der Waals surface area contributed by atoms with Crippen molar-refractivity contribution in [3.63, 3.8) is 0 Å². The third-order valence-corrected chi connectivity index (χ3v) is 3.57. The average molecular weight is 304 g/mol. The van der Waals surface area contributed by atoms with E-state index >= 15 is 0 Å². The number of hydrogen-bond donors (Lipinski definition) is 1. The molecule has 0 saturated heterocycles. The van der Waals surface area contributed by atoms with E-state index in [1.165, 1.54) is 5.56 Å². The van der Waals surface area contributed by atoms with Crippen LogP contribution in [0.4, 0.5) is 0 Å². The van der Waals surface area contributed by atoms with Crippen LogP contribution in [0.3, 0.4) is 0 Å². The lowest BCUT2D eigenvalue weighted by molar-refractivity contribution is 0.465. The van der Waals surface area contributed by atoms with Crippen molar-refractivity contribution in [3.8, 4) is 11.5 Å². The molecule has 0 spiro atoms. The Balaban J connectivity index is 2.23. The minimum atomic E-state index is 0.746. The first-order chi connectivity index (χ1) is 10.1. The molecule has 1 N–H and O–H groups in total. The van der Waals surface area contributed by atoms with Crippen LogP contribution >= 0.6 is 11.6 Å². The average Bonchev–Trinajstić information content (AvgIpc) is 2.44. The lowest BCUT2D eigenvalue weighted by Gasteiger charge is -2.15. The van der Waals surface area contributed by atoms with Crippen LogP contribution in [0.2, 0.25) is 5.02 Å². The Hall–Kier alpha value is -1.51. The Labute approximate surface area is 132 Å². The van der Waals surface area contributed by atoms with Gasteiger partial charge in [0, 0.05) is 17.1 Å². The molecule has 2 rings (SSSR count). The van der Waals surface area contributed by atoms with Crippen LogP contribution in [0.5, 0.6) is 11.5 Å². The second-order valence-corrected chi connectivity index (χ2v) is 5.69. The number of aryl methyl sites for hydroxylation is 2. The zero-order chi connectivity index (χ0) is 15.2. The highest BCUT2D eigenvalue weighted by atomic mass is 35.5. The fourth-order valence-electron chi connectivity index (χ4n) is 2.32. The maximum atomic E-state index is 6.16. The minimum absolute atomic E-state index is 0.746. The fraction of sp³-hybridized carbons (Fsp3) is 0.333. The summed E-state index contributed by atoms with van der Waals surface area (Å²) in [4.78, 5) is 0. The molecule has 0 saturated carbocycles. The molecule has 0 heterocycles. The van der Waals surface area contributed by atoms with Crippen LogP contribution in [0.15, 0.2) is 36.4 Å². The third kappa shape index (κ3) is 4.23. The third-order valence-electron chi connectivity index (χ3n) is 3.35. The second-order valence-electron chi connectivity index (χ2n) is 5.26. The predicted octanol–water partition coefficient (Wildman–Crippen LogP) is 5.25. The number of rotatable bonds is 6. The molecule has 0 unspecified atom stereocenters. The number of hydrogen-bond acceptors (Lipinski definition) is 2. The van der Waals surface area contributed by atoms with Gasteiger partial charge in [0.25, 0.3) is 0 Å². The van der Waals surface area contributed by atoms with Gasteiger partial charge in [0.15, 0.2) is 0 Å². The Morgan fingerprint density at radius 2 is 1.76 bits per heavy atom. The highest BCUT2D eigenvalue weighted by molar-refractivity contribution is 6.30. The van der Waals surface area contributed by atoms with Gasteiger partial charge in [-0.25, -0.2) is 0 Å². The van der Waals surface area contributed by atoms with E-state index in [0.29, 0.717) is 0 Å². The maximum Gasteiger partial charge on any atom is 0.133 e. The van der Waals surface area contributed by atoms with E-state index in [1.807, 2.05) is 44.2 Å². The van der Waals surface area contributed by atoms with E-state index in [4.69, 9.17) is 16.3 Å². The lowest BCUT2D eigenvalue weighted by atomic mass is 10.1. The fourth-order valence-corrected chi connectivity index (χ4v) is 2.64. The molecule has 0 aliphatic carbocycles. The van der Waals surface area contributed by atoms with Crippen molar-refractivity contribution in [2.45, 2.75) is 33.7 Å². The molecule has 112 valence electrons. The molecule has 0 fully saturated rings. The normalized spacial score (nSPS) is 10.7. The van der Waals surface area contributed by atoms with Crippen molar-refractivity contribution in [1.82, 2.24) is 5.32 Å². The van der Waals surface area contributed by atoms with E-state index in [-0.39, 0.29) is 0 Å². The summed E-state index contributed by atoms with van der Waals surface area (Å²) in [5.74, 6) is 1.79. The van der Waals surface area contributed by atoms with E-state index < -0.39 is 0 Å². The van der Waals surface area contributed by atoms with Crippen LogP contribution in [0.1, 0.15) is 30.0 Å². The summed E-state index contributed by atoms with van der Waals surface area (Å²) >= 11 is 6.08. The molecule has 2 aromatic carbocycles. The monoisotopic (exact) mass is 303 g/mol. The van der Waals surface area contributed by atoms with Gasteiger partial charge in [0.1, 0.15) is 11.5 Å². The molecule has 21 heavy (non-hydrogen) atoms. The van der Waals surface area contributed by atoms with Crippen molar-refractivity contribution >= 4 is 11.6 Å². The second kappa shape index (κ2) is 7.48. The number of benzene rings is 2. The van der Waals surface area contributed by atoms with Crippen LogP contribution in [-0.4, -0.2) is 6.54 Å². The molecule has 0 aromatic heterocycles. The van der Waals surface area contributed by atoms with Crippen molar-refractivity contribution in [1.29, 1.82) is 0 Å². The molecule has 0 radical (unpaired) electrons. The first-order valence-electron chi connectivity index (χ1n) is 7.35. The number of halogens is 1. The van der Waals surface area contributed by atoms with Crippen molar-refractivity contribution < 1.29 is 4.74 Å². The van der Waals surface area contributed by atoms with Gasteiger partial charge < -0.3 is 10.1 Å².